The number of aryl methyl sites for hydroxylation is 1. The number of alkyl halides is 1. The SMILES string of the molecule is O=C(C1CCc2ccccc2N1)N1CCC(F)(c2cc(F)cc(F)c2)C1. The van der Waals surface area contributed by atoms with Crippen LogP contribution in [0, 0.1) is 11.6 Å². The summed E-state index contributed by atoms with van der Waals surface area (Å²) in [4.78, 5) is 14.3. The molecule has 1 saturated heterocycles. The Balaban J connectivity index is 1.49. The van der Waals surface area contributed by atoms with Crippen molar-refractivity contribution in [3.63, 3.8) is 0 Å². The van der Waals surface area contributed by atoms with Crippen LogP contribution in [-0.4, -0.2) is 29.9 Å². The molecule has 0 spiro atoms. The maximum atomic E-state index is 15.3. The lowest BCUT2D eigenvalue weighted by Gasteiger charge is -2.30. The Bertz CT molecular complexity index is 836. The number of benzene rings is 2. The summed E-state index contributed by atoms with van der Waals surface area (Å²) in [6.07, 6.45) is 1.45. The van der Waals surface area contributed by atoms with Gasteiger partial charge in [0.2, 0.25) is 5.91 Å². The molecule has 0 radical (unpaired) electrons. The van der Waals surface area contributed by atoms with Gasteiger partial charge in [-0.25, -0.2) is 13.2 Å². The van der Waals surface area contributed by atoms with Crippen LogP contribution in [0.4, 0.5) is 18.9 Å². The fourth-order valence-corrected chi connectivity index (χ4v) is 3.85. The van der Waals surface area contributed by atoms with Crippen LogP contribution in [0.2, 0.25) is 0 Å². The molecular formula is C20H19F3N2O. The van der Waals surface area contributed by atoms with Crippen LogP contribution in [0.5, 0.6) is 0 Å². The van der Waals surface area contributed by atoms with Crippen molar-refractivity contribution in [2.24, 2.45) is 0 Å². The van der Waals surface area contributed by atoms with E-state index in [4.69, 9.17) is 0 Å². The average Bonchev–Trinajstić information content (AvgIpc) is 3.03. The summed E-state index contributed by atoms with van der Waals surface area (Å²) in [5, 5.41) is 3.23. The zero-order valence-corrected chi connectivity index (χ0v) is 14.1. The van der Waals surface area contributed by atoms with Gasteiger partial charge in [0.05, 0.1) is 6.54 Å². The van der Waals surface area contributed by atoms with Gasteiger partial charge in [-0.15, -0.1) is 0 Å². The summed E-state index contributed by atoms with van der Waals surface area (Å²) in [5.74, 6) is -1.80. The third kappa shape index (κ3) is 3.04. The number of carbonyl (C=O) groups is 1. The van der Waals surface area contributed by atoms with E-state index in [2.05, 4.69) is 5.32 Å². The first kappa shape index (κ1) is 16.9. The Labute approximate surface area is 149 Å². The maximum absolute atomic E-state index is 15.3. The number of likely N-dealkylation sites (tertiary alicyclic amines) is 1. The maximum Gasteiger partial charge on any atom is 0.245 e. The number of carbonyl (C=O) groups excluding carboxylic acids is 1. The minimum Gasteiger partial charge on any atom is -0.373 e. The molecular weight excluding hydrogens is 341 g/mol. The van der Waals surface area contributed by atoms with E-state index in [0.717, 1.165) is 29.8 Å². The second kappa shape index (κ2) is 6.34. The second-order valence-corrected chi connectivity index (χ2v) is 7.03. The van der Waals surface area contributed by atoms with Crippen molar-refractivity contribution in [1.82, 2.24) is 4.90 Å². The van der Waals surface area contributed by atoms with Gasteiger partial charge >= 0.3 is 0 Å². The Morgan fingerprint density at radius 1 is 1.15 bits per heavy atom. The van der Waals surface area contributed by atoms with Gasteiger partial charge in [0.15, 0.2) is 5.67 Å². The number of nitrogens with zero attached hydrogens (tertiary/aromatic N) is 1. The number of halogens is 3. The molecule has 0 aliphatic carbocycles. The van der Waals surface area contributed by atoms with E-state index in [0.29, 0.717) is 12.5 Å². The highest BCUT2D eigenvalue weighted by Gasteiger charge is 2.43. The Morgan fingerprint density at radius 2 is 1.88 bits per heavy atom. The van der Waals surface area contributed by atoms with Crippen molar-refractivity contribution < 1.29 is 18.0 Å². The lowest BCUT2D eigenvalue weighted by atomic mass is 9.94. The first-order valence-corrected chi connectivity index (χ1v) is 8.73. The lowest BCUT2D eigenvalue weighted by molar-refractivity contribution is -0.131. The number of nitrogens with one attached hydrogen (secondary N) is 1. The number of para-hydroxylation sites is 1. The molecule has 2 unspecified atom stereocenters. The Hall–Kier alpha value is -2.50. The normalized spacial score (nSPS) is 24.9. The summed E-state index contributed by atoms with van der Waals surface area (Å²) in [7, 11) is 0. The second-order valence-electron chi connectivity index (χ2n) is 7.03. The van der Waals surface area contributed by atoms with Crippen LogP contribution < -0.4 is 5.32 Å². The molecule has 2 aliphatic rings. The predicted molar refractivity (Wildman–Crippen MR) is 92.5 cm³/mol. The van der Waals surface area contributed by atoms with Gasteiger partial charge in [0.25, 0.3) is 0 Å². The fourth-order valence-electron chi connectivity index (χ4n) is 3.85. The van der Waals surface area contributed by atoms with Crippen LogP contribution >= 0.6 is 0 Å². The summed E-state index contributed by atoms with van der Waals surface area (Å²) >= 11 is 0. The summed E-state index contributed by atoms with van der Waals surface area (Å²) < 4.78 is 42.2. The van der Waals surface area contributed by atoms with Crippen LogP contribution in [0.1, 0.15) is 24.0 Å². The van der Waals surface area contributed by atoms with Gasteiger partial charge in [-0.3, -0.25) is 4.79 Å². The van der Waals surface area contributed by atoms with Crippen molar-refractivity contribution in [1.29, 1.82) is 0 Å². The minimum absolute atomic E-state index is 0.0327. The topological polar surface area (TPSA) is 32.3 Å². The zero-order valence-electron chi connectivity index (χ0n) is 14.1. The Morgan fingerprint density at radius 3 is 2.65 bits per heavy atom. The van der Waals surface area contributed by atoms with Crippen LogP contribution in [-0.2, 0) is 16.9 Å². The molecule has 2 atom stereocenters. The number of amides is 1. The number of fused-ring (bicyclic) bond motifs is 1. The van der Waals surface area contributed by atoms with Crippen molar-refractivity contribution >= 4 is 11.6 Å². The smallest absolute Gasteiger partial charge is 0.245 e. The standard InChI is InChI=1S/C20H19F3N2O/c21-15-9-14(10-16(22)11-15)20(23)7-8-25(12-20)19(26)18-6-5-13-3-1-2-4-17(13)24-18/h1-4,9-11,18,24H,5-8,12H2. The first-order valence-electron chi connectivity index (χ1n) is 8.73. The molecule has 0 saturated carbocycles. The quantitative estimate of drug-likeness (QED) is 0.884. The zero-order chi connectivity index (χ0) is 18.3. The molecule has 2 aliphatic heterocycles. The molecule has 1 fully saturated rings. The van der Waals surface area contributed by atoms with E-state index >= 15 is 4.39 Å². The molecule has 3 nitrogen and oxygen atoms in total. The van der Waals surface area contributed by atoms with Gasteiger partial charge in [-0.2, -0.15) is 0 Å². The van der Waals surface area contributed by atoms with Crippen LogP contribution in [0.3, 0.4) is 0 Å². The van der Waals surface area contributed by atoms with Gasteiger partial charge < -0.3 is 10.2 Å². The highest BCUT2D eigenvalue weighted by atomic mass is 19.1. The molecule has 6 heteroatoms. The number of hydrogen-bond donors (Lipinski definition) is 1. The third-order valence-electron chi connectivity index (χ3n) is 5.26. The average molecular weight is 360 g/mol. The molecule has 2 aromatic rings. The highest BCUT2D eigenvalue weighted by Crippen LogP contribution is 2.37. The van der Waals surface area contributed by atoms with E-state index in [9.17, 15) is 13.6 Å². The molecule has 2 aromatic carbocycles. The molecule has 1 N–H and O–H groups in total. The molecule has 26 heavy (non-hydrogen) atoms. The van der Waals surface area contributed by atoms with Crippen LogP contribution in [0.25, 0.3) is 0 Å². The number of rotatable bonds is 2. The van der Waals surface area contributed by atoms with Crippen molar-refractivity contribution in [3.8, 4) is 0 Å². The van der Waals surface area contributed by atoms with Crippen LogP contribution in [0.15, 0.2) is 42.5 Å². The fraction of sp³-hybridized carbons (Fsp3) is 0.350. The van der Waals surface area contributed by atoms with Crippen molar-refractivity contribution in [2.75, 3.05) is 18.4 Å². The largest absolute Gasteiger partial charge is 0.373 e. The molecule has 1 amide bonds. The molecule has 2 heterocycles. The molecule has 136 valence electrons. The van der Waals surface area contributed by atoms with E-state index in [1.165, 1.54) is 4.90 Å². The monoisotopic (exact) mass is 360 g/mol. The molecule has 0 bridgehead atoms. The third-order valence-corrected chi connectivity index (χ3v) is 5.26. The Kier molecular flexibility index (Phi) is 4.13. The number of hydrogen-bond acceptors (Lipinski definition) is 2. The van der Waals surface area contributed by atoms with Gasteiger partial charge in [0, 0.05) is 24.7 Å². The van der Waals surface area contributed by atoms with Gasteiger partial charge in [-0.1, -0.05) is 18.2 Å². The van der Waals surface area contributed by atoms with Gasteiger partial charge in [0.1, 0.15) is 17.7 Å². The van der Waals surface area contributed by atoms with Gasteiger partial charge in [-0.05, 0) is 42.2 Å². The predicted octanol–water partition coefficient (Wildman–Crippen LogP) is 3.79. The summed E-state index contributed by atoms with van der Waals surface area (Å²) in [6.45, 7) is 0.0435. The van der Waals surface area contributed by atoms with E-state index in [1.54, 1.807) is 0 Å². The van der Waals surface area contributed by atoms with Crippen molar-refractivity contribution in [3.05, 3.63) is 65.2 Å². The highest BCUT2D eigenvalue weighted by molar-refractivity contribution is 5.86. The first-order chi connectivity index (χ1) is 12.4. The minimum atomic E-state index is -1.93. The van der Waals surface area contributed by atoms with E-state index in [-0.39, 0.29) is 31.0 Å². The van der Waals surface area contributed by atoms with E-state index in [1.807, 2.05) is 24.3 Å². The van der Waals surface area contributed by atoms with E-state index < -0.39 is 23.3 Å². The summed E-state index contributed by atoms with van der Waals surface area (Å²) in [5.41, 5.74) is 0.112. The summed E-state index contributed by atoms with van der Waals surface area (Å²) in [6, 6.07) is 10.1. The lowest BCUT2D eigenvalue weighted by Crippen LogP contribution is -2.44. The molecule has 0 aromatic heterocycles. The van der Waals surface area contributed by atoms with Crippen molar-refractivity contribution in [2.45, 2.75) is 31.0 Å². The number of anilines is 1. The molecule has 4 rings (SSSR count).